The van der Waals surface area contributed by atoms with E-state index in [1.807, 2.05) is 22.2 Å². The molecule has 0 aromatic carbocycles. The standard InChI is InChI=1S/C15H23N5OS/c1-15(2)11(7-12(15)21-4)19-13(16-3)17-8-10-9-20-5-6-22-14(20)18-10/h5-6,9,11-12H,7-8H2,1-4H3,(H2,16,17,19). The largest absolute Gasteiger partial charge is 0.381 e. The monoisotopic (exact) mass is 321 g/mol. The fraction of sp³-hybridized carbons (Fsp3) is 0.600. The molecule has 0 amide bonds. The van der Waals surface area contributed by atoms with Crippen LogP contribution in [0.5, 0.6) is 0 Å². The van der Waals surface area contributed by atoms with Crippen molar-refractivity contribution in [2.24, 2.45) is 10.4 Å². The molecule has 1 aliphatic rings. The van der Waals surface area contributed by atoms with E-state index in [1.165, 1.54) is 0 Å². The van der Waals surface area contributed by atoms with Gasteiger partial charge in [-0.25, -0.2) is 4.98 Å². The predicted molar refractivity (Wildman–Crippen MR) is 89.4 cm³/mol. The Morgan fingerprint density at radius 2 is 2.41 bits per heavy atom. The van der Waals surface area contributed by atoms with Gasteiger partial charge >= 0.3 is 0 Å². The molecule has 2 N–H and O–H groups in total. The molecule has 2 aromatic rings. The summed E-state index contributed by atoms with van der Waals surface area (Å²) in [6, 6.07) is 0.370. The molecule has 7 heteroatoms. The number of nitrogens with zero attached hydrogens (tertiary/aromatic N) is 3. The van der Waals surface area contributed by atoms with Crippen molar-refractivity contribution in [1.82, 2.24) is 20.0 Å². The highest BCUT2D eigenvalue weighted by Gasteiger charge is 2.48. The van der Waals surface area contributed by atoms with E-state index in [1.54, 1.807) is 25.5 Å². The van der Waals surface area contributed by atoms with Gasteiger partial charge in [0.25, 0.3) is 0 Å². The van der Waals surface area contributed by atoms with Gasteiger partial charge in [0, 0.05) is 43.4 Å². The minimum absolute atomic E-state index is 0.114. The molecule has 0 spiro atoms. The lowest BCUT2D eigenvalue weighted by atomic mass is 9.64. The topological polar surface area (TPSA) is 63.0 Å². The van der Waals surface area contributed by atoms with Crippen molar-refractivity contribution < 1.29 is 4.74 Å². The van der Waals surface area contributed by atoms with E-state index in [-0.39, 0.29) is 5.41 Å². The minimum Gasteiger partial charge on any atom is -0.381 e. The van der Waals surface area contributed by atoms with Gasteiger partial charge in [-0.05, 0) is 6.42 Å². The van der Waals surface area contributed by atoms with Crippen LogP contribution >= 0.6 is 11.3 Å². The number of methoxy groups -OCH3 is 1. The van der Waals surface area contributed by atoms with Crippen molar-refractivity contribution in [2.45, 2.75) is 39.0 Å². The maximum Gasteiger partial charge on any atom is 0.193 e. The summed E-state index contributed by atoms with van der Waals surface area (Å²) < 4.78 is 7.53. The maximum atomic E-state index is 5.49. The summed E-state index contributed by atoms with van der Waals surface area (Å²) in [6.45, 7) is 5.10. The summed E-state index contributed by atoms with van der Waals surface area (Å²) in [5.74, 6) is 0.809. The lowest BCUT2D eigenvalue weighted by Gasteiger charge is -2.51. The van der Waals surface area contributed by atoms with Crippen molar-refractivity contribution in [3.8, 4) is 0 Å². The molecule has 1 aliphatic carbocycles. The lowest BCUT2D eigenvalue weighted by Crippen LogP contribution is -2.63. The second-order valence-corrected chi connectivity index (χ2v) is 7.10. The summed E-state index contributed by atoms with van der Waals surface area (Å²) in [7, 11) is 3.57. The Bertz CT molecular complexity index is 646. The van der Waals surface area contributed by atoms with E-state index in [2.05, 4.69) is 34.5 Å². The van der Waals surface area contributed by atoms with Gasteiger partial charge in [-0.2, -0.15) is 0 Å². The number of ether oxygens (including phenoxy) is 1. The van der Waals surface area contributed by atoms with Gasteiger partial charge in [0.15, 0.2) is 10.9 Å². The van der Waals surface area contributed by atoms with E-state index in [0.717, 1.165) is 23.0 Å². The smallest absolute Gasteiger partial charge is 0.193 e. The van der Waals surface area contributed by atoms with Crippen LogP contribution in [0.15, 0.2) is 22.8 Å². The van der Waals surface area contributed by atoms with Crippen molar-refractivity contribution in [3.05, 3.63) is 23.5 Å². The lowest BCUT2D eigenvalue weighted by molar-refractivity contribution is -0.0922. The molecule has 2 heterocycles. The van der Waals surface area contributed by atoms with Crippen LogP contribution in [0.25, 0.3) is 4.96 Å². The van der Waals surface area contributed by atoms with Crippen molar-refractivity contribution in [1.29, 1.82) is 0 Å². The number of nitrogens with one attached hydrogen (secondary N) is 2. The van der Waals surface area contributed by atoms with Gasteiger partial charge in [-0.1, -0.05) is 13.8 Å². The molecule has 2 atom stereocenters. The SMILES string of the molecule is CN=C(NCc1cn2ccsc2n1)NC1CC(OC)C1(C)C. The Labute approximate surface area is 134 Å². The van der Waals surface area contributed by atoms with E-state index in [4.69, 9.17) is 4.74 Å². The number of aromatic nitrogens is 2. The molecular formula is C15H23N5OS. The Balaban J connectivity index is 1.56. The number of hydrogen-bond donors (Lipinski definition) is 2. The quantitative estimate of drug-likeness (QED) is 0.667. The van der Waals surface area contributed by atoms with Gasteiger partial charge in [0.05, 0.1) is 18.3 Å². The number of fused-ring (bicyclic) bond motifs is 1. The Morgan fingerprint density at radius 3 is 3.05 bits per heavy atom. The fourth-order valence-electron chi connectivity index (χ4n) is 2.93. The second kappa shape index (κ2) is 5.89. The summed E-state index contributed by atoms with van der Waals surface area (Å²) >= 11 is 1.64. The number of thiazole rings is 1. The first-order valence-electron chi connectivity index (χ1n) is 7.45. The molecule has 0 bridgehead atoms. The van der Waals surface area contributed by atoms with Crippen LogP contribution in [0.3, 0.4) is 0 Å². The molecule has 1 fully saturated rings. The third kappa shape index (κ3) is 2.70. The molecule has 0 aliphatic heterocycles. The number of hydrogen-bond acceptors (Lipinski definition) is 4. The summed E-state index contributed by atoms with van der Waals surface area (Å²) in [5, 5.41) is 8.85. The molecule has 120 valence electrons. The first kappa shape index (κ1) is 15.3. The zero-order valence-corrected chi connectivity index (χ0v) is 14.3. The van der Waals surface area contributed by atoms with Crippen LogP contribution < -0.4 is 10.6 Å². The van der Waals surface area contributed by atoms with Gasteiger partial charge in [0.2, 0.25) is 0 Å². The number of imidazole rings is 1. The maximum absolute atomic E-state index is 5.49. The number of guanidine groups is 1. The van der Waals surface area contributed by atoms with Gasteiger partial charge in [0.1, 0.15) is 0 Å². The first-order valence-corrected chi connectivity index (χ1v) is 8.33. The van der Waals surface area contributed by atoms with E-state index in [9.17, 15) is 0 Å². The fourth-order valence-corrected chi connectivity index (χ4v) is 3.64. The normalized spacial score (nSPS) is 24.3. The van der Waals surface area contributed by atoms with Crippen LogP contribution in [0.2, 0.25) is 0 Å². The average Bonchev–Trinajstić information content (AvgIpc) is 3.07. The Hall–Kier alpha value is -1.60. The van der Waals surface area contributed by atoms with Crippen LogP contribution in [0.1, 0.15) is 26.0 Å². The highest BCUT2D eigenvalue weighted by molar-refractivity contribution is 7.15. The zero-order chi connectivity index (χ0) is 15.7. The summed E-state index contributed by atoms with van der Waals surface area (Å²) in [5.41, 5.74) is 1.13. The molecular weight excluding hydrogens is 298 g/mol. The van der Waals surface area contributed by atoms with Crippen molar-refractivity contribution in [2.75, 3.05) is 14.2 Å². The van der Waals surface area contributed by atoms with Gasteiger partial charge in [-0.3, -0.25) is 9.39 Å². The predicted octanol–water partition coefficient (Wildman–Crippen LogP) is 1.87. The highest BCUT2D eigenvalue weighted by atomic mass is 32.1. The van der Waals surface area contributed by atoms with E-state index >= 15 is 0 Å². The van der Waals surface area contributed by atoms with Crippen LogP contribution in [-0.4, -0.2) is 41.6 Å². The highest BCUT2D eigenvalue weighted by Crippen LogP contribution is 2.42. The zero-order valence-electron chi connectivity index (χ0n) is 13.5. The second-order valence-electron chi connectivity index (χ2n) is 6.23. The third-order valence-corrected chi connectivity index (χ3v) is 5.35. The summed E-state index contributed by atoms with van der Waals surface area (Å²) in [4.78, 5) is 9.88. The Kier molecular flexibility index (Phi) is 4.10. The van der Waals surface area contributed by atoms with Gasteiger partial charge in [-0.15, -0.1) is 11.3 Å². The van der Waals surface area contributed by atoms with E-state index < -0.39 is 0 Å². The molecule has 0 saturated heterocycles. The molecule has 6 nitrogen and oxygen atoms in total. The van der Waals surface area contributed by atoms with Crippen LogP contribution in [-0.2, 0) is 11.3 Å². The first-order chi connectivity index (χ1) is 10.5. The third-order valence-electron chi connectivity index (χ3n) is 4.58. The average molecular weight is 321 g/mol. The summed E-state index contributed by atoms with van der Waals surface area (Å²) in [6.07, 6.45) is 5.37. The molecule has 2 unspecified atom stereocenters. The van der Waals surface area contributed by atoms with Crippen molar-refractivity contribution in [3.63, 3.8) is 0 Å². The number of aliphatic imine (C=N–C) groups is 1. The molecule has 1 saturated carbocycles. The molecule has 0 radical (unpaired) electrons. The molecule has 2 aromatic heterocycles. The Morgan fingerprint density at radius 1 is 1.59 bits per heavy atom. The van der Waals surface area contributed by atoms with Crippen molar-refractivity contribution >= 4 is 22.3 Å². The van der Waals surface area contributed by atoms with Crippen LogP contribution in [0, 0.1) is 5.41 Å². The molecule has 22 heavy (non-hydrogen) atoms. The van der Waals surface area contributed by atoms with E-state index in [0.29, 0.717) is 18.7 Å². The molecule has 3 rings (SSSR count). The van der Waals surface area contributed by atoms with Gasteiger partial charge < -0.3 is 15.4 Å². The van der Waals surface area contributed by atoms with Crippen LogP contribution in [0.4, 0.5) is 0 Å². The minimum atomic E-state index is 0.114. The number of rotatable bonds is 4.